The maximum Gasteiger partial charge on any atom is 0.476 e. The zero-order valence-corrected chi connectivity index (χ0v) is 3.97. The van der Waals surface area contributed by atoms with Crippen LogP contribution >= 0.6 is 0 Å². The third kappa shape index (κ3) is 5.01. The Labute approximate surface area is 41.7 Å². The Morgan fingerprint density at radius 2 is 2.14 bits per heavy atom. The fourth-order valence-electron chi connectivity index (χ4n) is 0.156. The predicted molar refractivity (Wildman–Crippen MR) is 23.0 cm³/mol. The summed E-state index contributed by atoms with van der Waals surface area (Å²) in [5, 5.41) is 12.4. The van der Waals surface area contributed by atoms with Gasteiger partial charge in [0.2, 0.25) is 0 Å². The summed E-state index contributed by atoms with van der Waals surface area (Å²) >= 11 is 0. The molecule has 2 radical (unpaired) electrons. The summed E-state index contributed by atoms with van der Waals surface area (Å²) in [6, 6.07) is 0. The zero-order chi connectivity index (χ0) is 5.86. The molecule has 0 atom stereocenters. The first-order valence-electron chi connectivity index (χ1n) is 1.71. The van der Waals surface area contributed by atoms with Crippen LogP contribution in [0.2, 0.25) is 0 Å². The van der Waals surface area contributed by atoms with Gasteiger partial charge in [-0.1, -0.05) is 6.58 Å². The normalized spacial score (nSPS) is 7.57. The van der Waals surface area contributed by atoms with Crippen molar-refractivity contribution in [2.24, 2.45) is 0 Å². The topological polar surface area (TPSA) is 51.1 Å². The highest BCUT2D eigenvalue weighted by molar-refractivity contribution is 5.65. The maximum atomic E-state index is 9.47. The van der Waals surface area contributed by atoms with Gasteiger partial charge < -0.3 is 0 Å². The number of amides is 1. The second kappa shape index (κ2) is 2.23. The highest BCUT2D eigenvalue weighted by atomic mass is 16.4. The van der Waals surface area contributed by atoms with E-state index in [0.717, 1.165) is 0 Å². The SMILES string of the molecule is C=C(C)[N]C([O])=O. The molecule has 0 unspecified atom stereocenters. The van der Waals surface area contributed by atoms with Crippen molar-refractivity contribution in [2.75, 3.05) is 0 Å². The van der Waals surface area contributed by atoms with E-state index in [9.17, 15) is 9.90 Å². The van der Waals surface area contributed by atoms with Gasteiger partial charge in [-0.2, -0.15) is 5.32 Å². The summed E-state index contributed by atoms with van der Waals surface area (Å²) in [6.45, 7) is 4.69. The average Bonchev–Trinajstić information content (AvgIpc) is 1.27. The van der Waals surface area contributed by atoms with E-state index in [-0.39, 0.29) is 5.70 Å². The quantitative estimate of drug-likeness (QED) is 0.476. The molecule has 0 N–H and O–H groups in total. The van der Waals surface area contributed by atoms with E-state index in [1.165, 1.54) is 6.92 Å². The Hall–Kier alpha value is -0.990. The molecule has 0 fully saturated rings. The van der Waals surface area contributed by atoms with Crippen LogP contribution in [0.15, 0.2) is 12.3 Å². The van der Waals surface area contributed by atoms with Gasteiger partial charge in [-0.05, 0) is 6.92 Å². The van der Waals surface area contributed by atoms with E-state index < -0.39 is 6.09 Å². The molecule has 0 saturated heterocycles. The fourth-order valence-corrected chi connectivity index (χ4v) is 0.156. The van der Waals surface area contributed by atoms with Crippen LogP contribution in [0.3, 0.4) is 0 Å². The van der Waals surface area contributed by atoms with E-state index in [1.54, 1.807) is 0 Å². The molecule has 0 heterocycles. The Kier molecular flexibility index (Phi) is 1.91. The highest BCUT2D eigenvalue weighted by Crippen LogP contribution is 1.79. The van der Waals surface area contributed by atoms with Gasteiger partial charge in [0.25, 0.3) is 0 Å². The van der Waals surface area contributed by atoms with Gasteiger partial charge in [0, 0.05) is 5.70 Å². The zero-order valence-electron chi connectivity index (χ0n) is 3.97. The van der Waals surface area contributed by atoms with E-state index in [1.807, 2.05) is 0 Å². The minimum Gasteiger partial charge on any atom is -0.218 e. The van der Waals surface area contributed by atoms with Crippen LogP contribution < -0.4 is 5.32 Å². The molecule has 0 spiro atoms. The van der Waals surface area contributed by atoms with Crippen LogP contribution in [0.4, 0.5) is 4.79 Å². The molecule has 0 saturated carbocycles. The van der Waals surface area contributed by atoms with Crippen LogP contribution in [0.25, 0.3) is 0 Å². The molecule has 0 aliphatic carbocycles. The largest absolute Gasteiger partial charge is 0.476 e. The highest BCUT2D eigenvalue weighted by Gasteiger charge is 1.96. The van der Waals surface area contributed by atoms with Gasteiger partial charge in [0.15, 0.2) is 0 Å². The van der Waals surface area contributed by atoms with Crippen molar-refractivity contribution in [2.45, 2.75) is 6.92 Å². The van der Waals surface area contributed by atoms with Gasteiger partial charge in [-0.15, -0.1) is 0 Å². The second-order valence-corrected chi connectivity index (χ2v) is 1.11. The second-order valence-electron chi connectivity index (χ2n) is 1.11. The summed E-state index contributed by atoms with van der Waals surface area (Å²) in [5.74, 6) is 0. The standard InChI is InChI=1S/C4H5NO2/c1-3(2)5-4(6)7/h1H2,2H3. The summed E-state index contributed by atoms with van der Waals surface area (Å²) in [6.07, 6.45) is -1.44. The Bertz CT molecular complexity index is 85.9. The van der Waals surface area contributed by atoms with Crippen LogP contribution in [0.1, 0.15) is 6.92 Å². The van der Waals surface area contributed by atoms with E-state index >= 15 is 0 Å². The van der Waals surface area contributed by atoms with Crippen molar-refractivity contribution in [1.82, 2.24) is 5.32 Å². The molecule has 0 aliphatic rings. The lowest BCUT2D eigenvalue weighted by atomic mass is 10.6. The summed E-state index contributed by atoms with van der Waals surface area (Å²) in [7, 11) is 0. The molecule has 3 heteroatoms. The van der Waals surface area contributed by atoms with E-state index in [4.69, 9.17) is 0 Å². The minimum atomic E-state index is -1.44. The molecule has 0 aromatic rings. The summed E-state index contributed by atoms with van der Waals surface area (Å²) < 4.78 is 0. The van der Waals surface area contributed by atoms with Gasteiger partial charge in [-0.3, -0.25) is 0 Å². The van der Waals surface area contributed by atoms with Crippen LogP contribution in [-0.2, 0) is 5.11 Å². The van der Waals surface area contributed by atoms with Gasteiger partial charge in [-0.25, -0.2) is 9.90 Å². The van der Waals surface area contributed by atoms with Gasteiger partial charge >= 0.3 is 6.09 Å². The third-order valence-corrected chi connectivity index (χ3v) is 0.282. The number of rotatable bonds is 1. The van der Waals surface area contributed by atoms with Crippen molar-refractivity contribution >= 4 is 6.09 Å². The van der Waals surface area contributed by atoms with Crippen LogP contribution in [-0.4, -0.2) is 6.09 Å². The third-order valence-electron chi connectivity index (χ3n) is 0.282. The van der Waals surface area contributed by atoms with Crippen molar-refractivity contribution in [3.8, 4) is 0 Å². The number of allylic oxidation sites excluding steroid dienone is 1. The number of carbonyl (C=O) groups excluding carboxylic acids is 1. The number of hydrogen-bond donors (Lipinski definition) is 0. The smallest absolute Gasteiger partial charge is 0.218 e. The molecule has 0 rings (SSSR count). The molecule has 0 aromatic carbocycles. The molecule has 0 bridgehead atoms. The first kappa shape index (κ1) is 6.01. The Morgan fingerprint density at radius 3 is 2.14 bits per heavy atom. The molecular formula is C4H5NO2. The lowest BCUT2D eigenvalue weighted by Gasteiger charge is -1.84. The summed E-state index contributed by atoms with van der Waals surface area (Å²) in [4.78, 5) is 9.47. The van der Waals surface area contributed by atoms with Gasteiger partial charge in [0.1, 0.15) is 0 Å². The summed E-state index contributed by atoms with van der Waals surface area (Å²) in [5.41, 5.74) is 0.250. The van der Waals surface area contributed by atoms with Gasteiger partial charge in [0.05, 0.1) is 0 Å². The Balaban J connectivity index is 3.32. The molecule has 0 aromatic heterocycles. The number of nitrogens with zero attached hydrogens (tertiary/aromatic N) is 1. The first-order chi connectivity index (χ1) is 3.13. The molecule has 3 nitrogen and oxygen atoms in total. The predicted octanol–water partition coefficient (Wildman–Crippen LogP) is 0.675. The molecule has 1 amide bonds. The molecule has 7 heavy (non-hydrogen) atoms. The van der Waals surface area contributed by atoms with Crippen LogP contribution in [0.5, 0.6) is 0 Å². The maximum absolute atomic E-state index is 9.47. The number of carbonyl (C=O) groups is 1. The Morgan fingerprint density at radius 1 is 1.71 bits per heavy atom. The van der Waals surface area contributed by atoms with E-state index in [2.05, 4.69) is 11.9 Å². The van der Waals surface area contributed by atoms with Crippen molar-refractivity contribution < 1.29 is 9.90 Å². The lowest BCUT2D eigenvalue weighted by Crippen LogP contribution is -2.06. The molecule has 38 valence electrons. The van der Waals surface area contributed by atoms with Crippen molar-refractivity contribution in [1.29, 1.82) is 0 Å². The minimum absolute atomic E-state index is 0.250. The van der Waals surface area contributed by atoms with E-state index in [0.29, 0.717) is 0 Å². The fraction of sp³-hybridized carbons (Fsp3) is 0.250. The number of hydrogen-bond acceptors (Lipinski definition) is 1. The van der Waals surface area contributed by atoms with Crippen molar-refractivity contribution in [3.05, 3.63) is 12.3 Å². The first-order valence-corrected chi connectivity index (χ1v) is 1.71. The monoisotopic (exact) mass is 99.0 g/mol. The van der Waals surface area contributed by atoms with Crippen LogP contribution in [0, 0.1) is 0 Å². The molecular weight excluding hydrogens is 94.0 g/mol. The average molecular weight is 99.1 g/mol. The molecule has 0 aliphatic heterocycles. The van der Waals surface area contributed by atoms with Crippen molar-refractivity contribution in [3.63, 3.8) is 0 Å². The lowest BCUT2D eigenvalue weighted by molar-refractivity contribution is 0.171.